The van der Waals surface area contributed by atoms with Crippen molar-refractivity contribution >= 4 is 23.2 Å². The smallest absolute Gasteiger partial charge is 0.0465 e. The summed E-state index contributed by atoms with van der Waals surface area (Å²) in [6, 6.07) is 6.30. The second-order valence-corrected chi connectivity index (χ2v) is 8.06. The number of hydrogen-bond acceptors (Lipinski definition) is 1. The number of halogens is 2. The van der Waals surface area contributed by atoms with E-state index in [4.69, 9.17) is 23.2 Å². The van der Waals surface area contributed by atoms with E-state index in [1.165, 1.54) is 19.3 Å². The molecule has 0 amide bonds. The molecule has 3 heteroatoms. The Bertz CT molecular complexity index is 505. The standard InChI is InChI=1S/C17H23Cl2N/c1-16(2)11-7-8-17(16,3)15(9-11)20-10-12-13(18)5-4-6-14(12)19/h4-6,11,15,20H,7-10H2,1-3H3. The SMILES string of the molecule is CC1(C)C2CCC1(C)C(NCc1c(Cl)cccc1Cl)C2. The van der Waals surface area contributed by atoms with Gasteiger partial charge in [0.05, 0.1) is 0 Å². The van der Waals surface area contributed by atoms with Crippen LogP contribution in [0.4, 0.5) is 0 Å². The molecule has 2 fully saturated rings. The fourth-order valence-electron chi connectivity index (χ4n) is 4.44. The van der Waals surface area contributed by atoms with E-state index in [2.05, 4.69) is 26.1 Å². The van der Waals surface area contributed by atoms with Crippen molar-refractivity contribution in [2.45, 2.75) is 52.6 Å². The monoisotopic (exact) mass is 311 g/mol. The van der Waals surface area contributed by atoms with E-state index in [-0.39, 0.29) is 0 Å². The second kappa shape index (κ2) is 4.90. The minimum atomic E-state index is 0.394. The molecule has 110 valence electrons. The fourth-order valence-corrected chi connectivity index (χ4v) is 4.97. The molecule has 1 aromatic carbocycles. The van der Waals surface area contributed by atoms with Gasteiger partial charge < -0.3 is 5.32 Å². The van der Waals surface area contributed by atoms with Crippen molar-refractivity contribution in [3.05, 3.63) is 33.8 Å². The normalized spacial score (nSPS) is 34.6. The summed E-state index contributed by atoms with van der Waals surface area (Å²) in [4.78, 5) is 0. The Morgan fingerprint density at radius 3 is 2.35 bits per heavy atom. The van der Waals surface area contributed by atoms with Crippen molar-refractivity contribution in [1.82, 2.24) is 5.32 Å². The van der Waals surface area contributed by atoms with E-state index in [0.717, 1.165) is 28.1 Å². The topological polar surface area (TPSA) is 12.0 Å². The van der Waals surface area contributed by atoms with Gasteiger partial charge in [0, 0.05) is 28.2 Å². The molecule has 0 spiro atoms. The van der Waals surface area contributed by atoms with Crippen molar-refractivity contribution in [3.63, 3.8) is 0 Å². The van der Waals surface area contributed by atoms with E-state index in [1.54, 1.807) is 0 Å². The summed E-state index contributed by atoms with van der Waals surface area (Å²) >= 11 is 12.5. The van der Waals surface area contributed by atoms with Crippen LogP contribution in [0.1, 0.15) is 45.6 Å². The average Bonchev–Trinajstić information content (AvgIpc) is 2.71. The Morgan fingerprint density at radius 2 is 1.85 bits per heavy atom. The molecule has 0 radical (unpaired) electrons. The van der Waals surface area contributed by atoms with E-state index in [9.17, 15) is 0 Å². The summed E-state index contributed by atoms with van der Waals surface area (Å²) in [6.07, 6.45) is 4.00. The van der Waals surface area contributed by atoms with Crippen LogP contribution in [-0.4, -0.2) is 6.04 Å². The van der Waals surface area contributed by atoms with Gasteiger partial charge in [-0.05, 0) is 48.1 Å². The van der Waals surface area contributed by atoms with Crippen molar-refractivity contribution in [1.29, 1.82) is 0 Å². The molecule has 0 heterocycles. The maximum Gasteiger partial charge on any atom is 0.0465 e. The van der Waals surface area contributed by atoms with Gasteiger partial charge in [-0.15, -0.1) is 0 Å². The summed E-state index contributed by atoms with van der Waals surface area (Å²) in [5.41, 5.74) is 1.86. The molecule has 2 saturated carbocycles. The van der Waals surface area contributed by atoms with Gasteiger partial charge in [-0.3, -0.25) is 0 Å². The van der Waals surface area contributed by atoms with Crippen molar-refractivity contribution < 1.29 is 0 Å². The van der Waals surface area contributed by atoms with Gasteiger partial charge in [0.15, 0.2) is 0 Å². The molecule has 1 N–H and O–H groups in total. The fraction of sp³-hybridized carbons (Fsp3) is 0.647. The van der Waals surface area contributed by atoms with Gasteiger partial charge in [0.1, 0.15) is 0 Å². The Morgan fingerprint density at radius 1 is 1.20 bits per heavy atom. The Hall–Kier alpha value is -0.240. The molecule has 2 aliphatic carbocycles. The van der Waals surface area contributed by atoms with E-state index < -0.39 is 0 Å². The summed E-state index contributed by atoms with van der Waals surface area (Å²) in [6.45, 7) is 8.09. The van der Waals surface area contributed by atoms with Crippen LogP contribution in [0.25, 0.3) is 0 Å². The minimum Gasteiger partial charge on any atom is -0.309 e. The van der Waals surface area contributed by atoms with Crippen molar-refractivity contribution in [2.24, 2.45) is 16.7 Å². The van der Waals surface area contributed by atoms with Crippen LogP contribution in [0.3, 0.4) is 0 Å². The Kier molecular flexibility index (Phi) is 3.60. The zero-order valence-corrected chi connectivity index (χ0v) is 14.0. The molecule has 0 aromatic heterocycles. The van der Waals surface area contributed by atoms with E-state index in [0.29, 0.717) is 16.9 Å². The minimum absolute atomic E-state index is 0.394. The average molecular weight is 312 g/mol. The van der Waals surface area contributed by atoms with Gasteiger partial charge in [-0.25, -0.2) is 0 Å². The van der Waals surface area contributed by atoms with E-state index >= 15 is 0 Å². The largest absolute Gasteiger partial charge is 0.309 e. The summed E-state index contributed by atoms with van der Waals surface area (Å²) in [7, 11) is 0. The van der Waals surface area contributed by atoms with Crippen LogP contribution in [0.2, 0.25) is 10.0 Å². The van der Waals surface area contributed by atoms with Crippen LogP contribution >= 0.6 is 23.2 Å². The predicted octanol–water partition coefficient (Wildman–Crippen LogP) is 5.30. The van der Waals surface area contributed by atoms with Crippen molar-refractivity contribution in [3.8, 4) is 0 Å². The predicted molar refractivity (Wildman–Crippen MR) is 86.3 cm³/mol. The molecule has 2 aliphatic rings. The molecule has 2 bridgehead atoms. The van der Waals surface area contributed by atoms with Gasteiger partial charge in [0.25, 0.3) is 0 Å². The first kappa shape index (κ1) is 14.7. The lowest BCUT2D eigenvalue weighted by Gasteiger charge is -2.39. The van der Waals surface area contributed by atoms with Crippen LogP contribution in [0, 0.1) is 16.7 Å². The van der Waals surface area contributed by atoms with Crippen molar-refractivity contribution in [2.75, 3.05) is 0 Å². The molecular formula is C17H23Cl2N. The second-order valence-electron chi connectivity index (χ2n) is 7.24. The first-order valence-corrected chi connectivity index (χ1v) is 8.28. The zero-order valence-electron chi connectivity index (χ0n) is 12.5. The van der Waals surface area contributed by atoms with Gasteiger partial charge >= 0.3 is 0 Å². The highest BCUT2D eigenvalue weighted by atomic mass is 35.5. The Balaban J connectivity index is 1.75. The number of nitrogens with one attached hydrogen (secondary N) is 1. The number of hydrogen-bond donors (Lipinski definition) is 1. The molecule has 0 aliphatic heterocycles. The highest BCUT2D eigenvalue weighted by molar-refractivity contribution is 6.35. The maximum absolute atomic E-state index is 6.26. The lowest BCUT2D eigenvalue weighted by Crippen LogP contribution is -2.44. The van der Waals surface area contributed by atoms with Crippen LogP contribution in [-0.2, 0) is 6.54 Å². The Labute approximate surface area is 132 Å². The zero-order chi connectivity index (χ0) is 14.5. The first-order chi connectivity index (χ1) is 9.36. The quantitative estimate of drug-likeness (QED) is 0.799. The molecule has 3 atom stereocenters. The van der Waals surface area contributed by atoms with E-state index in [1.807, 2.05) is 18.2 Å². The number of benzene rings is 1. The number of fused-ring (bicyclic) bond motifs is 2. The summed E-state index contributed by atoms with van der Waals surface area (Å²) < 4.78 is 0. The molecule has 1 aromatic rings. The molecule has 0 saturated heterocycles. The lowest BCUT2D eigenvalue weighted by molar-refractivity contribution is 0.120. The van der Waals surface area contributed by atoms with Crippen LogP contribution in [0.15, 0.2) is 18.2 Å². The highest BCUT2D eigenvalue weighted by Gasteiger charge is 2.60. The molecule has 3 rings (SSSR count). The summed E-state index contributed by atoms with van der Waals surface area (Å²) in [5.74, 6) is 0.853. The summed E-state index contributed by atoms with van der Waals surface area (Å²) in [5, 5.41) is 5.26. The van der Waals surface area contributed by atoms with Crippen LogP contribution < -0.4 is 5.32 Å². The molecule has 20 heavy (non-hydrogen) atoms. The molecule has 3 unspecified atom stereocenters. The third-order valence-corrected chi connectivity index (χ3v) is 7.09. The first-order valence-electron chi connectivity index (χ1n) is 7.52. The molecular weight excluding hydrogens is 289 g/mol. The third-order valence-electron chi connectivity index (χ3n) is 6.38. The number of rotatable bonds is 3. The van der Waals surface area contributed by atoms with Gasteiger partial charge in [0.2, 0.25) is 0 Å². The lowest BCUT2D eigenvalue weighted by atomic mass is 9.69. The van der Waals surface area contributed by atoms with Crippen LogP contribution in [0.5, 0.6) is 0 Å². The molecule has 1 nitrogen and oxygen atoms in total. The third kappa shape index (κ3) is 2.01. The van der Waals surface area contributed by atoms with Gasteiger partial charge in [-0.1, -0.05) is 50.0 Å². The van der Waals surface area contributed by atoms with Gasteiger partial charge in [-0.2, -0.15) is 0 Å². The maximum atomic E-state index is 6.26. The highest BCUT2D eigenvalue weighted by Crippen LogP contribution is 2.65.